The van der Waals surface area contributed by atoms with E-state index < -0.39 is 0 Å². The van der Waals surface area contributed by atoms with Gasteiger partial charge in [-0.1, -0.05) is 245 Å². The summed E-state index contributed by atoms with van der Waals surface area (Å²) in [7, 11) is 2.20. The highest BCUT2D eigenvalue weighted by Gasteiger charge is 2.41. The monoisotopic (exact) mass is 2070 g/mol. The number of likely N-dealkylation sites (N-methyl/N-ethyl adjacent to an activating group) is 1. The van der Waals surface area contributed by atoms with Crippen LogP contribution in [0, 0.1) is 35.1 Å². The molecule has 1 unspecified atom stereocenters. The number of morpholine rings is 1. The fraction of sp³-hybridized carbons (Fsp3) is 0.620. The van der Waals surface area contributed by atoms with Crippen LogP contribution in [-0.2, 0) is 66.6 Å². The van der Waals surface area contributed by atoms with Crippen LogP contribution in [-0.4, -0.2) is 192 Å². The van der Waals surface area contributed by atoms with Crippen molar-refractivity contribution < 1.29 is 36.9 Å². The van der Waals surface area contributed by atoms with E-state index in [-0.39, 0.29) is 41.3 Å². The number of halogens is 4. The van der Waals surface area contributed by atoms with E-state index in [4.69, 9.17) is 15.2 Å². The van der Waals surface area contributed by atoms with E-state index >= 15 is 0 Å². The van der Waals surface area contributed by atoms with Crippen LogP contribution in [0.25, 0.3) is 0 Å². The summed E-state index contributed by atoms with van der Waals surface area (Å²) in [5.74, 6) is 5.14. The number of benzene rings is 8. The van der Waals surface area contributed by atoms with Crippen LogP contribution < -0.4 is 48.3 Å². The second kappa shape index (κ2) is 68.7. The first-order chi connectivity index (χ1) is 72.0. The molecule has 17 nitrogen and oxygen atoms in total. The number of nitrogens with zero attached hydrogens (tertiary/aromatic N) is 4. The number of hydrogen-bond donors (Lipinski definition) is 10. The van der Waals surface area contributed by atoms with Crippen LogP contribution in [0.4, 0.5) is 17.6 Å². The minimum Gasteiger partial charge on any atom is -0.394 e. The highest BCUT2D eigenvalue weighted by Crippen LogP contribution is 2.36. The van der Waals surface area contributed by atoms with Crippen LogP contribution in [0.15, 0.2) is 170 Å². The molecule has 8 fully saturated rings. The molecular weight excluding hydrogens is 1870 g/mol. The number of aliphatic hydroxyl groups is 1. The zero-order valence-corrected chi connectivity index (χ0v) is 96.2. The SMILES string of the molecule is CC(=O)N1CCC(NCc2cc(F)cc(C(C)C)c2)CC1.CC(C)c1cc(F)cc(CNC2(CO)CC2)c1.CC(C)c1cc(F)cc(CNCC2CCCCN2C)c1.CC(C)c1cc(F)cc(CNCCN2CCOCC2)c1.CC(C)c1cccc(CNC2CCC(N)CC2)c1.CC(C)c1cccc(CNCC2CCOCC2)c1.CC(C)c1cccc(CNCCN2CCCC2)c1.CC1CCC(NCc2cccc(C(C)C)c2)CC1. The molecule has 0 radical (unpaired) electrons. The van der Waals surface area contributed by atoms with Crippen molar-refractivity contribution in [3.63, 3.8) is 0 Å². The summed E-state index contributed by atoms with van der Waals surface area (Å²) in [4.78, 5) is 20.5. The lowest BCUT2D eigenvalue weighted by molar-refractivity contribution is -0.129. The Hall–Kier alpha value is -7.65. The highest BCUT2D eigenvalue weighted by molar-refractivity contribution is 5.73. The molecular formula is C129H201F4N13O4. The maximum Gasteiger partial charge on any atom is 0.219 e. The van der Waals surface area contributed by atoms with E-state index in [1.54, 1.807) is 55.5 Å². The lowest BCUT2D eigenvalue weighted by Gasteiger charge is -2.32. The van der Waals surface area contributed by atoms with E-state index in [0.29, 0.717) is 84.6 Å². The summed E-state index contributed by atoms with van der Waals surface area (Å²) in [6.45, 7) is 62.9. The minimum atomic E-state index is -0.179. The number of nitrogens with two attached hydrogens (primary N) is 1. The molecule has 0 aromatic heterocycles. The molecule has 0 spiro atoms. The molecule has 5 saturated heterocycles. The van der Waals surface area contributed by atoms with Crippen LogP contribution in [0.3, 0.4) is 0 Å². The molecule has 834 valence electrons. The first-order valence-corrected chi connectivity index (χ1v) is 58.2. The molecule has 1 amide bonds. The van der Waals surface area contributed by atoms with Gasteiger partial charge in [0.15, 0.2) is 0 Å². The highest BCUT2D eigenvalue weighted by atomic mass is 19.1. The average molecular weight is 2070 g/mol. The van der Waals surface area contributed by atoms with Gasteiger partial charge in [-0.05, 0) is 346 Å². The Morgan fingerprint density at radius 1 is 0.367 bits per heavy atom. The van der Waals surface area contributed by atoms with Crippen molar-refractivity contribution in [2.24, 2.45) is 17.6 Å². The smallest absolute Gasteiger partial charge is 0.219 e. The summed E-state index contributed by atoms with van der Waals surface area (Å²) in [5.41, 5.74) is 25.4. The molecule has 11 N–H and O–H groups in total. The van der Waals surface area contributed by atoms with Crippen molar-refractivity contribution in [1.29, 1.82) is 0 Å². The van der Waals surface area contributed by atoms with Gasteiger partial charge in [0, 0.05) is 167 Å². The zero-order valence-electron chi connectivity index (χ0n) is 96.2. The molecule has 150 heavy (non-hydrogen) atoms. The van der Waals surface area contributed by atoms with Gasteiger partial charge in [-0.3, -0.25) is 9.69 Å². The quantitative estimate of drug-likeness (QED) is 0.0129. The lowest BCUT2D eigenvalue weighted by atomic mass is 9.87. The van der Waals surface area contributed by atoms with Crippen LogP contribution in [0.1, 0.15) is 383 Å². The van der Waals surface area contributed by atoms with E-state index in [1.165, 1.54) is 167 Å². The predicted molar refractivity (Wildman–Crippen MR) is 621 cm³/mol. The molecule has 8 aromatic rings. The van der Waals surface area contributed by atoms with Gasteiger partial charge in [-0.2, -0.15) is 0 Å². The number of piperidine rings is 2. The summed E-state index contributed by atoms with van der Waals surface area (Å²) < 4.78 is 64.9. The minimum absolute atomic E-state index is 0.0929. The number of aliphatic hydroxyl groups excluding tert-OH is 1. The summed E-state index contributed by atoms with van der Waals surface area (Å²) >= 11 is 0. The van der Waals surface area contributed by atoms with Crippen molar-refractivity contribution in [1.82, 2.24) is 62.1 Å². The van der Waals surface area contributed by atoms with Crippen LogP contribution in [0.2, 0.25) is 0 Å². The Morgan fingerprint density at radius 3 is 1.09 bits per heavy atom. The maximum absolute atomic E-state index is 13.6. The number of rotatable bonds is 39. The molecule has 3 saturated carbocycles. The predicted octanol–water partition coefficient (Wildman–Crippen LogP) is 25.5. The third-order valence-electron chi connectivity index (χ3n) is 31.3. The first-order valence-electron chi connectivity index (χ1n) is 58.2. The van der Waals surface area contributed by atoms with E-state index in [2.05, 4.69) is 297 Å². The van der Waals surface area contributed by atoms with Crippen molar-refractivity contribution >= 4 is 5.91 Å². The number of ether oxygens (including phenoxy) is 2. The average Bonchev–Trinajstić information content (AvgIpc) is 1.66. The number of amides is 1. The second-order valence-corrected chi connectivity index (χ2v) is 46.9. The third-order valence-corrected chi connectivity index (χ3v) is 31.3. The summed E-state index contributed by atoms with van der Waals surface area (Å²) in [6.07, 6.45) is 23.3. The fourth-order valence-electron chi connectivity index (χ4n) is 20.4. The molecule has 8 aromatic carbocycles. The van der Waals surface area contributed by atoms with Gasteiger partial charge in [0.1, 0.15) is 23.3 Å². The number of likely N-dealkylation sites (tertiary alicyclic amines) is 3. The molecule has 3 aliphatic carbocycles. The molecule has 16 rings (SSSR count). The largest absolute Gasteiger partial charge is 0.394 e. The normalized spacial score (nSPS) is 19.2. The first kappa shape index (κ1) is 126. The van der Waals surface area contributed by atoms with Gasteiger partial charge in [0.25, 0.3) is 0 Å². The number of carbonyl (C=O) groups excluding carboxylic acids is 1. The van der Waals surface area contributed by atoms with Gasteiger partial charge in [0.2, 0.25) is 5.91 Å². The lowest BCUT2D eigenvalue weighted by Crippen LogP contribution is -2.43. The Bertz CT molecular complexity index is 4970. The van der Waals surface area contributed by atoms with Gasteiger partial charge in [0.05, 0.1) is 19.8 Å². The molecule has 5 heterocycles. The van der Waals surface area contributed by atoms with E-state index in [0.717, 1.165) is 213 Å². The van der Waals surface area contributed by atoms with E-state index in [9.17, 15) is 27.5 Å². The Kier molecular flexibility index (Phi) is 57.6. The second-order valence-electron chi connectivity index (χ2n) is 46.9. The number of nitrogens with one attached hydrogen (secondary N) is 8. The Balaban J connectivity index is 0.000000190. The molecule has 0 bridgehead atoms. The Labute approximate surface area is 906 Å². The van der Waals surface area contributed by atoms with Gasteiger partial charge in [-0.15, -0.1) is 0 Å². The van der Waals surface area contributed by atoms with Gasteiger partial charge in [-0.25, -0.2) is 17.6 Å². The van der Waals surface area contributed by atoms with Crippen LogP contribution in [0.5, 0.6) is 0 Å². The van der Waals surface area contributed by atoms with Gasteiger partial charge >= 0.3 is 0 Å². The number of hydrogen-bond acceptors (Lipinski definition) is 16. The molecule has 1 atom stereocenters. The third kappa shape index (κ3) is 49.2. The molecule has 5 aliphatic heterocycles. The fourth-order valence-corrected chi connectivity index (χ4v) is 20.4. The standard InChI is InChI=1S/C17H25FN2O.C17H27FN2.C17H27N.C16H25FN2O.2C16H26N2.C16H25NO.C14H20FNO/c1-12(2)15-8-14(9-16(18)10-15)11-19-17-4-6-20(7-5-17)13(3)21;1-13(2)15-8-14(9-16(18)10-15)11-19-12-17-6-4-5-7-20(17)3;1-13(2)16-6-4-5-15(11-16)12-18-17-9-7-14(3)8-10-17;1-13(2)15-9-14(10-16(17)11-15)12-18-3-4-19-5-7-20-8-6-19;1-14(2)16-7-5-6-15(12-16)13-17-8-11-18-9-3-4-10-18;1-12(2)14-5-3-4-13(10-14)11-18-16-8-6-15(17)7-9-16;1-13(2)16-5-3-4-15(10-16)12-17-11-14-6-8-18-9-7-14;1-10(2)12-5-11(6-13(15)7-12)8-16-14(9-17)3-4-14/h8-10,12,17,19H,4-7,11H2,1-3H3;8-10,13,17,19H,4-7,11-12H2,1-3H3;4-6,11,13-14,17-18H,7-10,12H2,1-3H3;9-11,13,18H,3-8,12H2,1-2H3;5-7,12,14,17H,3-4,8-11,13H2,1-2H3;3-5,10,12,15-16,18H,6-9,11,17H2,1-2H3;3-5,10,13-14,17H,6-9,11-12H2,1-2H3;5-7,10,16-17H,3-4,8-9H2,1-2H3. The summed E-state index contributed by atoms with van der Waals surface area (Å²) in [5, 5.41) is 37.4. The zero-order chi connectivity index (χ0) is 108. The van der Waals surface area contributed by atoms with Crippen molar-refractivity contribution in [3.8, 4) is 0 Å². The molecule has 21 heteroatoms. The van der Waals surface area contributed by atoms with Crippen molar-refractivity contribution in [2.75, 3.05) is 125 Å². The maximum atomic E-state index is 13.6. The van der Waals surface area contributed by atoms with Crippen LogP contribution >= 0.6 is 0 Å². The number of carbonyl (C=O) groups is 1. The Morgan fingerprint density at radius 2 is 0.700 bits per heavy atom. The van der Waals surface area contributed by atoms with Crippen molar-refractivity contribution in [2.45, 2.75) is 382 Å². The van der Waals surface area contributed by atoms with E-state index in [1.807, 2.05) is 11.0 Å². The van der Waals surface area contributed by atoms with Gasteiger partial charge < -0.3 is 77.5 Å². The topological polar surface area (TPSA) is 191 Å². The molecule has 8 aliphatic rings. The van der Waals surface area contributed by atoms with Crippen molar-refractivity contribution in [3.05, 3.63) is 282 Å². The summed E-state index contributed by atoms with van der Waals surface area (Å²) in [6, 6.07) is 59.9.